The summed E-state index contributed by atoms with van der Waals surface area (Å²) in [5.74, 6) is -0.0999. The van der Waals surface area contributed by atoms with E-state index in [0.717, 1.165) is 11.8 Å². The summed E-state index contributed by atoms with van der Waals surface area (Å²) in [5.41, 5.74) is 1.29. The number of rotatable bonds is 6. The second kappa shape index (κ2) is 6.84. The molecule has 0 radical (unpaired) electrons. The summed E-state index contributed by atoms with van der Waals surface area (Å²) in [4.78, 5) is 0. The molecule has 0 amide bonds. The molecule has 0 aliphatic carbocycles. The van der Waals surface area contributed by atoms with Crippen molar-refractivity contribution in [1.29, 1.82) is 0 Å². The molecular formula is C14H20O4S. The Hall–Kier alpha value is -1.17. The Balaban J connectivity index is 2.62. The number of aliphatic hydroxyl groups excluding tert-OH is 2. The molecule has 0 saturated heterocycles. The lowest BCUT2D eigenvalue weighted by Crippen LogP contribution is -2.14. The van der Waals surface area contributed by atoms with Crippen molar-refractivity contribution in [1.82, 2.24) is 0 Å². The molecule has 0 aliphatic heterocycles. The maximum Gasteiger partial charge on any atom is 0.151 e. The van der Waals surface area contributed by atoms with E-state index in [1.54, 1.807) is 19.1 Å². The largest absolute Gasteiger partial charge is 0.389 e. The van der Waals surface area contributed by atoms with Crippen molar-refractivity contribution in [3.8, 4) is 0 Å². The maximum atomic E-state index is 11.0. The average molecular weight is 284 g/mol. The molecule has 0 aliphatic rings. The van der Waals surface area contributed by atoms with E-state index >= 15 is 0 Å². The highest BCUT2D eigenvalue weighted by molar-refractivity contribution is 7.90. The first-order valence-electron chi connectivity index (χ1n) is 6.05. The molecular weight excluding hydrogens is 264 g/mol. The van der Waals surface area contributed by atoms with Gasteiger partial charge in [0.15, 0.2) is 9.84 Å². The minimum Gasteiger partial charge on any atom is -0.389 e. The molecule has 0 saturated carbocycles. The summed E-state index contributed by atoms with van der Waals surface area (Å²) < 4.78 is 22.1. The topological polar surface area (TPSA) is 74.6 Å². The zero-order valence-corrected chi connectivity index (χ0v) is 12.0. The first-order chi connectivity index (χ1) is 8.79. The predicted molar refractivity (Wildman–Crippen MR) is 75.5 cm³/mol. The van der Waals surface area contributed by atoms with Crippen LogP contribution in [0.1, 0.15) is 25.0 Å². The van der Waals surface area contributed by atoms with Crippen molar-refractivity contribution in [3.63, 3.8) is 0 Å². The van der Waals surface area contributed by atoms with Gasteiger partial charge < -0.3 is 10.2 Å². The monoisotopic (exact) mass is 284 g/mol. The first kappa shape index (κ1) is 15.9. The molecule has 106 valence electrons. The summed E-state index contributed by atoms with van der Waals surface area (Å²) >= 11 is 0. The van der Waals surface area contributed by atoms with Crippen molar-refractivity contribution in [3.05, 3.63) is 47.5 Å². The number of sulfone groups is 1. The highest BCUT2D eigenvalue weighted by Crippen LogP contribution is 2.20. The van der Waals surface area contributed by atoms with Gasteiger partial charge in [-0.1, -0.05) is 36.4 Å². The molecule has 0 unspecified atom stereocenters. The molecule has 1 aromatic carbocycles. The third-order valence-electron chi connectivity index (χ3n) is 2.86. The number of aliphatic hydroxyl groups is 2. The van der Waals surface area contributed by atoms with Crippen LogP contribution in [0.3, 0.4) is 0 Å². The van der Waals surface area contributed by atoms with E-state index < -0.39 is 22.0 Å². The highest BCUT2D eigenvalue weighted by Gasteiger charge is 2.15. The Kier molecular flexibility index (Phi) is 5.72. The van der Waals surface area contributed by atoms with Crippen LogP contribution in [-0.4, -0.2) is 36.7 Å². The summed E-state index contributed by atoms with van der Waals surface area (Å²) in [5, 5.41) is 19.9. The Morgan fingerprint density at radius 1 is 1.26 bits per heavy atom. The van der Waals surface area contributed by atoms with Crippen molar-refractivity contribution in [2.24, 2.45) is 0 Å². The van der Waals surface area contributed by atoms with Crippen LogP contribution < -0.4 is 0 Å². The van der Waals surface area contributed by atoms with E-state index in [1.807, 2.05) is 18.2 Å². The predicted octanol–water partition coefficient (Wildman–Crippen LogP) is 1.46. The van der Waals surface area contributed by atoms with Gasteiger partial charge in [0, 0.05) is 12.7 Å². The summed E-state index contributed by atoms with van der Waals surface area (Å²) in [6, 6.07) is 9.05. The van der Waals surface area contributed by atoms with Gasteiger partial charge in [0.25, 0.3) is 0 Å². The second-order valence-electron chi connectivity index (χ2n) is 4.72. The van der Waals surface area contributed by atoms with Crippen LogP contribution in [0.5, 0.6) is 0 Å². The van der Waals surface area contributed by atoms with Crippen molar-refractivity contribution in [2.45, 2.75) is 25.6 Å². The Bertz CT molecular complexity index is 520. The normalized spacial score (nSPS) is 16.1. The van der Waals surface area contributed by atoms with Crippen LogP contribution in [0.15, 0.2) is 42.0 Å². The highest BCUT2D eigenvalue weighted by atomic mass is 32.2. The zero-order valence-electron chi connectivity index (χ0n) is 11.2. The van der Waals surface area contributed by atoms with Crippen LogP contribution in [0.4, 0.5) is 0 Å². The quantitative estimate of drug-likeness (QED) is 0.776. The number of hydrogen-bond donors (Lipinski definition) is 2. The molecule has 0 bridgehead atoms. The third-order valence-corrected chi connectivity index (χ3v) is 3.64. The summed E-state index contributed by atoms with van der Waals surface area (Å²) in [6.07, 6.45) is 1.16. The smallest absolute Gasteiger partial charge is 0.151 e. The van der Waals surface area contributed by atoms with Gasteiger partial charge in [-0.2, -0.15) is 0 Å². The van der Waals surface area contributed by atoms with Crippen molar-refractivity contribution >= 4 is 9.84 Å². The minimum atomic E-state index is -3.08. The van der Waals surface area contributed by atoms with E-state index in [2.05, 4.69) is 0 Å². The summed E-state index contributed by atoms with van der Waals surface area (Å²) in [6.45, 7) is 1.66. The van der Waals surface area contributed by atoms with E-state index in [9.17, 15) is 18.6 Å². The van der Waals surface area contributed by atoms with Gasteiger partial charge >= 0.3 is 0 Å². The lowest BCUT2D eigenvalue weighted by molar-refractivity contribution is 0.0988. The molecule has 0 aromatic heterocycles. The fourth-order valence-electron chi connectivity index (χ4n) is 1.63. The van der Waals surface area contributed by atoms with Crippen molar-refractivity contribution < 1.29 is 18.6 Å². The van der Waals surface area contributed by atoms with Crippen molar-refractivity contribution in [2.75, 3.05) is 12.0 Å². The fraction of sp³-hybridized carbons (Fsp3) is 0.429. The number of hydrogen-bond acceptors (Lipinski definition) is 4. The van der Waals surface area contributed by atoms with Gasteiger partial charge in [-0.25, -0.2) is 8.42 Å². The maximum absolute atomic E-state index is 11.0. The van der Waals surface area contributed by atoms with E-state index in [-0.39, 0.29) is 12.2 Å². The van der Waals surface area contributed by atoms with E-state index in [1.165, 1.54) is 6.08 Å². The molecule has 19 heavy (non-hydrogen) atoms. The van der Waals surface area contributed by atoms with Crippen LogP contribution in [0.25, 0.3) is 0 Å². The lowest BCUT2D eigenvalue weighted by Gasteiger charge is -2.16. The minimum absolute atomic E-state index is 0.0999. The van der Waals surface area contributed by atoms with Gasteiger partial charge in [-0.05, 0) is 18.1 Å². The molecule has 1 rings (SSSR count). The van der Waals surface area contributed by atoms with Crippen LogP contribution >= 0.6 is 0 Å². The van der Waals surface area contributed by atoms with Crippen LogP contribution in [0.2, 0.25) is 0 Å². The van der Waals surface area contributed by atoms with Gasteiger partial charge in [0.2, 0.25) is 0 Å². The summed E-state index contributed by atoms with van der Waals surface area (Å²) in [7, 11) is -3.08. The van der Waals surface area contributed by atoms with E-state index in [0.29, 0.717) is 5.57 Å². The second-order valence-corrected chi connectivity index (χ2v) is 6.90. The standard InChI is InChI=1S/C14H20O4S/c1-11(8-9-19(2,17)18)13(15)10-14(16)12-6-4-3-5-7-12/h3-8,13-16H,9-10H2,1-2H3/b11-8-/t13-,14-/m0/s1. The molecule has 5 heteroatoms. The molecule has 0 spiro atoms. The molecule has 2 atom stereocenters. The average Bonchev–Trinajstić information content (AvgIpc) is 2.36. The fourth-order valence-corrected chi connectivity index (χ4v) is 2.19. The Morgan fingerprint density at radius 3 is 2.37 bits per heavy atom. The molecule has 4 nitrogen and oxygen atoms in total. The Labute approximate surface area is 114 Å². The van der Waals surface area contributed by atoms with Gasteiger partial charge in [-0.15, -0.1) is 0 Å². The molecule has 2 N–H and O–H groups in total. The van der Waals surface area contributed by atoms with Gasteiger partial charge in [-0.3, -0.25) is 0 Å². The molecule has 0 fully saturated rings. The zero-order chi connectivity index (χ0) is 14.5. The third kappa shape index (κ3) is 6.00. The Morgan fingerprint density at radius 2 is 1.84 bits per heavy atom. The lowest BCUT2D eigenvalue weighted by atomic mass is 10.00. The van der Waals surface area contributed by atoms with Crippen LogP contribution in [0, 0.1) is 0 Å². The SMILES string of the molecule is C/C(=C/CS(C)(=O)=O)[C@@H](O)C[C@H](O)c1ccccc1. The first-order valence-corrected chi connectivity index (χ1v) is 8.11. The number of benzene rings is 1. The van der Waals surface area contributed by atoms with Crippen LogP contribution in [-0.2, 0) is 9.84 Å². The molecule has 1 aromatic rings. The van der Waals surface area contributed by atoms with Gasteiger partial charge in [0.05, 0.1) is 18.0 Å². The van der Waals surface area contributed by atoms with E-state index in [4.69, 9.17) is 0 Å². The van der Waals surface area contributed by atoms with Gasteiger partial charge in [0.1, 0.15) is 0 Å². The molecule has 0 heterocycles.